The second-order valence-corrected chi connectivity index (χ2v) is 17.5. The number of rotatable bonds is 7. The van der Waals surface area contributed by atoms with E-state index in [0.717, 1.165) is 23.9 Å². The molecule has 0 spiro atoms. The van der Waals surface area contributed by atoms with Gasteiger partial charge >= 0.3 is 6.09 Å². The number of sulfonamides is 1. The minimum atomic E-state index is -3.88. The maximum atomic E-state index is 14.4. The topological polar surface area (TPSA) is 178 Å². The molecule has 6 rings (SSSR count). The van der Waals surface area contributed by atoms with Crippen molar-refractivity contribution >= 4 is 44.9 Å². The van der Waals surface area contributed by atoms with Gasteiger partial charge in [-0.2, -0.15) is 4.98 Å². The van der Waals surface area contributed by atoms with Crippen molar-refractivity contribution in [1.82, 2.24) is 29.8 Å². The second-order valence-electron chi connectivity index (χ2n) is 15.5. The van der Waals surface area contributed by atoms with Gasteiger partial charge in [0.25, 0.3) is 11.9 Å². The number of carbonyl (C=O) groups excluding carboxylic acids is 4. The Bertz CT molecular complexity index is 1810. The van der Waals surface area contributed by atoms with Crippen molar-refractivity contribution in [2.45, 2.75) is 133 Å². The van der Waals surface area contributed by atoms with Crippen LogP contribution in [0.25, 0.3) is 11.0 Å². The molecule has 1 aromatic heterocycles. The summed E-state index contributed by atoms with van der Waals surface area (Å²) in [6.07, 6.45) is 6.94. The van der Waals surface area contributed by atoms with E-state index in [-0.39, 0.29) is 25.4 Å². The van der Waals surface area contributed by atoms with Gasteiger partial charge < -0.3 is 25.0 Å². The Morgan fingerprint density at radius 3 is 2.53 bits per heavy atom. The van der Waals surface area contributed by atoms with Crippen molar-refractivity contribution in [3.63, 3.8) is 0 Å². The standard InChI is InChI=1S/C36H50N6O8S/c1-22(2)42-28-16-12-11-14-26(28)37-33(42)49-24-19-29-30(43)39-36(32(45)40-51(47,48)25-17-18-25)20-23(36)13-9-7-6-8-10-15-27(31(44)41(29)21-24)38-34(46)50-35(3,4)5/h9,11-14,16,22-25,27,29H,6-8,10,15,17-21H2,1-5H3,(H,38,46)(H,39,43)(H,40,45)/b13-9-/t23-,24-,27+,29+,36-/m1/s1. The number of nitrogens with one attached hydrogen (secondary N) is 3. The Labute approximate surface area is 299 Å². The molecule has 3 heterocycles. The minimum absolute atomic E-state index is 0.00301. The van der Waals surface area contributed by atoms with E-state index in [0.29, 0.717) is 38.1 Å². The zero-order valence-corrected chi connectivity index (χ0v) is 30.8. The summed E-state index contributed by atoms with van der Waals surface area (Å²) in [4.78, 5) is 61.5. The van der Waals surface area contributed by atoms with Gasteiger partial charge in [0.15, 0.2) is 0 Å². The highest BCUT2D eigenvalue weighted by molar-refractivity contribution is 7.91. The van der Waals surface area contributed by atoms with Crippen molar-refractivity contribution in [2.75, 3.05) is 6.54 Å². The quantitative estimate of drug-likeness (QED) is 0.358. The van der Waals surface area contributed by atoms with Crippen LogP contribution in [0.1, 0.15) is 98.4 Å². The highest BCUT2D eigenvalue weighted by atomic mass is 32.2. The first-order valence-electron chi connectivity index (χ1n) is 18.1. The number of carbonyl (C=O) groups is 4. The van der Waals surface area contributed by atoms with Gasteiger partial charge in [-0.3, -0.25) is 23.7 Å². The molecule has 0 bridgehead atoms. The summed E-state index contributed by atoms with van der Waals surface area (Å²) in [5, 5.41) is 5.02. The van der Waals surface area contributed by atoms with E-state index in [1.165, 1.54) is 4.90 Å². The van der Waals surface area contributed by atoms with Crippen LogP contribution in [-0.4, -0.2) is 87.8 Å². The monoisotopic (exact) mass is 726 g/mol. The number of para-hydroxylation sites is 2. The smallest absolute Gasteiger partial charge is 0.408 e. The Morgan fingerprint density at radius 1 is 1.08 bits per heavy atom. The molecule has 0 radical (unpaired) electrons. The van der Waals surface area contributed by atoms with Gasteiger partial charge in [0.05, 0.1) is 22.8 Å². The van der Waals surface area contributed by atoms with E-state index in [4.69, 9.17) is 14.5 Å². The third-order valence-corrected chi connectivity index (χ3v) is 11.7. The van der Waals surface area contributed by atoms with Gasteiger partial charge in [-0.25, -0.2) is 13.2 Å². The molecule has 2 saturated carbocycles. The number of hydrogen-bond acceptors (Lipinski definition) is 9. The fourth-order valence-electron chi connectivity index (χ4n) is 7.05. The van der Waals surface area contributed by atoms with E-state index in [9.17, 15) is 27.6 Å². The molecule has 0 unspecified atom stereocenters. The number of imidazole rings is 1. The number of hydrogen-bond donors (Lipinski definition) is 3. The highest BCUT2D eigenvalue weighted by Crippen LogP contribution is 2.46. The largest absolute Gasteiger partial charge is 0.459 e. The van der Waals surface area contributed by atoms with Gasteiger partial charge in [-0.15, -0.1) is 0 Å². The van der Waals surface area contributed by atoms with Crippen molar-refractivity contribution in [3.8, 4) is 6.01 Å². The number of nitrogens with zero attached hydrogens (tertiary/aromatic N) is 3. The van der Waals surface area contributed by atoms with E-state index in [1.807, 2.05) is 54.8 Å². The summed E-state index contributed by atoms with van der Waals surface area (Å²) in [5.74, 6) is -2.26. The van der Waals surface area contributed by atoms with Crippen LogP contribution in [0.3, 0.4) is 0 Å². The summed E-state index contributed by atoms with van der Waals surface area (Å²) in [7, 11) is -3.88. The average molecular weight is 727 g/mol. The molecule has 278 valence electrons. The summed E-state index contributed by atoms with van der Waals surface area (Å²) >= 11 is 0. The molecule has 2 aromatic rings. The van der Waals surface area contributed by atoms with Crippen LogP contribution in [0.2, 0.25) is 0 Å². The molecule has 2 aliphatic carbocycles. The lowest BCUT2D eigenvalue weighted by Gasteiger charge is -2.30. The van der Waals surface area contributed by atoms with Crippen LogP contribution in [0.5, 0.6) is 6.01 Å². The van der Waals surface area contributed by atoms with Crippen LogP contribution in [-0.2, 0) is 29.1 Å². The van der Waals surface area contributed by atoms with Crippen LogP contribution in [0.4, 0.5) is 4.79 Å². The number of aromatic nitrogens is 2. The lowest BCUT2D eigenvalue weighted by molar-refractivity contribution is -0.141. The van der Waals surface area contributed by atoms with Crippen LogP contribution in [0, 0.1) is 5.92 Å². The molecule has 1 aromatic carbocycles. The first kappa shape index (κ1) is 36.6. The maximum absolute atomic E-state index is 14.4. The molecule has 1 saturated heterocycles. The van der Waals surface area contributed by atoms with E-state index < -0.39 is 74.3 Å². The summed E-state index contributed by atoms with van der Waals surface area (Å²) < 4.78 is 41.8. The predicted molar refractivity (Wildman–Crippen MR) is 189 cm³/mol. The highest BCUT2D eigenvalue weighted by Gasteiger charge is 2.62. The first-order valence-corrected chi connectivity index (χ1v) is 19.6. The summed E-state index contributed by atoms with van der Waals surface area (Å²) in [5.41, 5.74) is -0.652. The summed E-state index contributed by atoms with van der Waals surface area (Å²) in [6, 6.07) is 5.93. The van der Waals surface area contributed by atoms with Crippen LogP contribution >= 0.6 is 0 Å². The number of fused-ring (bicyclic) bond motifs is 3. The van der Waals surface area contributed by atoms with Gasteiger partial charge in [0.2, 0.25) is 21.8 Å². The molecule has 4 aliphatic rings. The van der Waals surface area contributed by atoms with E-state index in [1.54, 1.807) is 20.8 Å². The van der Waals surface area contributed by atoms with E-state index in [2.05, 4.69) is 15.4 Å². The third-order valence-electron chi connectivity index (χ3n) is 9.89. The maximum Gasteiger partial charge on any atom is 0.408 e. The Kier molecular flexibility index (Phi) is 10.1. The van der Waals surface area contributed by atoms with E-state index >= 15 is 0 Å². The minimum Gasteiger partial charge on any atom is -0.459 e. The molecule has 4 amide bonds. The number of benzene rings is 1. The normalized spacial score (nSPS) is 28.2. The molecule has 51 heavy (non-hydrogen) atoms. The SMILES string of the molecule is CC(C)n1c(O[C@@H]2C[C@H]3C(=O)N[C@]4(C(=O)NS(=O)(=O)C5CC5)C[C@H]4/C=C\CCCCC[C@H](NC(=O)OC(C)(C)C)C(=O)N3C2)nc2ccccc21. The van der Waals surface area contributed by atoms with Gasteiger partial charge in [0.1, 0.15) is 29.3 Å². The zero-order chi connectivity index (χ0) is 36.7. The predicted octanol–water partition coefficient (Wildman–Crippen LogP) is 3.86. The lowest BCUT2D eigenvalue weighted by Crippen LogP contribution is -2.58. The fourth-order valence-corrected chi connectivity index (χ4v) is 8.41. The zero-order valence-electron chi connectivity index (χ0n) is 30.0. The molecule has 2 aliphatic heterocycles. The third kappa shape index (κ3) is 8.18. The first-order chi connectivity index (χ1) is 24.1. The van der Waals surface area contributed by atoms with Crippen molar-refractivity contribution in [2.24, 2.45) is 5.92 Å². The Hall–Kier alpha value is -4.14. The molecule has 5 atom stereocenters. The number of allylic oxidation sites excluding steroid dienone is 1. The van der Waals surface area contributed by atoms with Gasteiger partial charge in [-0.05, 0) is 85.3 Å². The Balaban J connectivity index is 1.31. The Morgan fingerprint density at radius 2 is 1.82 bits per heavy atom. The lowest BCUT2D eigenvalue weighted by atomic mass is 10.0. The molecule has 3 N–H and O–H groups in total. The molecule has 3 fully saturated rings. The second kappa shape index (κ2) is 14.1. The van der Waals surface area contributed by atoms with Crippen molar-refractivity contribution in [3.05, 3.63) is 36.4 Å². The van der Waals surface area contributed by atoms with Crippen LogP contribution in [0.15, 0.2) is 36.4 Å². The molecule has 15 heteroatoms. The average Bonchev–Trinajstić information content (AvgIpc) is 3.94. The number of amides is 4. The molecular weight excluding hydrogens is 676 g/mol. The fraction of sp³-hybridized carbons (Fsp3) is 0.639. The molecular formula is C36H50N6O8S. The van der Waals surface area contributed by atoms with Gasteiger partial charge in [-0.1, -0.05) is 37.1 Å². The summed E-state index contributed by atoms with van der Waals surface area (Å²) in [6.45, 7) is 9.25. The van der Waals surface area contributed by atoms with Crippen LogP contribution < -0.4 is 20.1 Å². The number of ether oxygens (including phenoxy) is 2. The van der Waals surface area contributed by atoms with Crippen molar-refractivity contribution < 1.29 is 37.1 Å². The molecule has 14 nitrogen and oxygen atoms in total. The van der Waals surface area contributed by atoms with Crippen molar-refractivity contribution in [1.29, 1.82) is 0 Å². The number of alkyl carbamates (subject to hydrolysis) is 1. The van der Waals surface area contributed by atoms with Gasteiger partial charge in [0, 0.05) is 18.4 Å².